The van der Waals surface area contributed by atoms with Crippen LogP contribution >= 0.6 is 22.6 Å². The second-order valence-corrected chi connectivity index (χ2v) is 4.35. The molecular weight excluding hydrogens is 321 g/mol. The number of aromatic hydroxyl groups is 1. The first-order valence-electron chi connectivity index (χ1n) is 4.50. The first-order chi connectivity index (χ1) is 7.58. The minimum absolute atomic E-state index is 0.175. The zero-order valence-electron chi connectivity index (χ0n) is 8.36. The van der Waals surface area contributed by atoms with Crippen LogP contribution in [0.3, 0.4) is 0 Å². The summed E-state index contributed by atoms with van der Waals surface area (Å²) in [5.74, 6) is -0.00959. The normalized spacial score (nSPS) is 10.4. The molecule has 0 spiro atoms. The van der Waals surface area contributed by atoms with Crippen molar-refractivity contribution >= 4 is 22.6 Å². The maximum absolute atomic E-state index is 11.4. The number of nitrogens with zero attached hydrogens (tertiary/aromatic N) is 2. The minimum atomic E-state index is -0.370. The van der Waals surface area contributed by atoms with Gasteiger partial charge in [-0.25, -0.2) is 0 Å². The van der Waals surface area contributed by atoms with Crippen LogP contribution in [0.5, 0.6) is 5.88 Å². The van der Waals surface area contributed by atoms with Gasteiger partial charge in [-0.3, -0.25) is 9.78 Å². The van der Waals surface area contributed by atoms with Crippen LogP contribution in [0.1, 0.15) is 5.56 Å². The second-order valence-electron chi connectivity index (χ2n) is 3.27. The van der Waals surface area contributed by atoms with Crippen molar-refractivity contribution in [1.29, 1.82) is 0 Å². The predicted molar refractivity (Wildman–Crippen MR) is 67.2 cm³/mol. The van der Waals surface area contributed by atoms with E-state index in [4.69, 9.17) is 0 Å². The van der Waals surface area contributed by atoms with E-state index in [0.29, 0.717) is 5.69 Å². The Labute approximate surface area is 105 Å². The van der Waals surface area contributed by atoms with E-state index in [1.54, 1.807) is 34.9 Å². The van der Waals surface area contributed by atoms with Crippen LogP contribution < -0.4 is 5.56 Å². The number of halogens is 1. The van der Waals surface area contributed by atoms with Crippen molar-refractivity contribution in [2.75, 3.05) is 0 Å². The lowest BCUT2D eigenvalue weighted by Crippen LogP contribution is -2.12. The van der Waals surface area contributed by atoms with E-state index in [1.165, 1.54) is 0 Å². The molecule has 2 aromatic heterocycles. The van der Waals surface area contributed by atoms with Gasteiger partial charge in [0.05, 0.1) is 0 Å². The zero-order valence-corrected chi connectivity index (χ0v) is 10.5. The Hall–Kier alpha value is -1.44. The highest BCUT2D eigenvalue weighted by molar-refractivity contribution is 14.1. The van der Waals surface area contributed by atoms with Gasteiger partial charge < -0.3 is 10.1 Å². The van der Waals surface area contributed by atoms with Crippen LogP contribution in [0.15, 0.2) is 23.1 Å². The molecule has 0 saturated carbocycles. The zero-order chi connectivity index (χ0) is 11.7. The van der Waals surface area contributed by atoms with Crippen LogP contribution in [-0.2, 0) is 0 Å². The predicted octanol–water partition coefficient (Wildman–Crippen LogP) is 1.45. The topological polar surface area (TPSA) is 78.9 Å². The SMILES string of the molecule is Cc1ccc(-c2nc(O)c(I)c(=O)[nH]2)nc1. The Morgan fingerprint density at radius 1 is 1.44 bits per heavy atom. The van der Waals surface area contributed by atoms with E-state index in [2.05, 4.69) is 15.0 Å². The van der Waals surface area contributed by atoms with E-state index in [-0.39, 0.29) is 20.8 Å². The molecule has 6 heteroatoms. The highest BCUT2D eigenvalue weighted by Gasteiger charge is 2.09. The molecule has 82 valence electrons. The first-order valence-corrected chi connectivity index (χ1v) is 5.57. The standard InChI is InChI=1S/C10H8IN3O2/c1-5-2-3-6(12-4-5)8-13-9(15)7(11)10(16)14-8/h2-4H,1H3,(H2,13,14,15,16). The molecule has 2 rings (SSSR count). The van der Waals surface area contributed by atoms with E-state index in [9.17, 15) is 9.90 Å². The number of hydrogen-bond donors (Lipinski definition) is 2. The molecule has 2 N–H and O–H groups in total. The van der Waals surface area contributed by atoms with E-state index < -0.39 is 0 Å². The maximum atomic E-state index is 11.4. The summed E-state index contributed by atoms with van der Waals surface area (Å²) in [6.45, 7) is 1.92. The van der Waals surface area contributed by atoms with Gasteiger partial charge in [0.1, 0.15) is 9.26 Å². The summed E-state index contributed by atoms with van der Waals surface area (Å²) < 4.78 is 0.175. The molecule has 0 saturated heterocycles. The van der Waals surface area contributed by atoms with Crippen LogP contribution in [0, 0.1) is 10.5 Å². The third-order valence-electron chi connectivity index (χ3n) is 2.00. The Morgan fingerprint density at radius 3 is 2.75 bits per heavy atom. The van der Waals surface area contributed by atoms with E-state index in [0.717, 1.165) is 5.56 Å². The molecule has 0 atom stereocenters. The van der Waals surface area contributed by atoms with Crippen molar-refractivity contribution in [3.63, 3.8) is 0 Å². The molecular formula is C10H8IN3O2. The summed E-state index contributed by atoms with van der Waals surface area (Å²) in [6.07, 6.45) is 1.67. The van der Waals surface area contributed by atoms with Crippen LogP contribution in [0.25, 0.3) is 11.5 Å². The Kier molecular flexibility index (Phi) is 2.90. The molecule has 16 heavy (non-hydrogen) atoms. The third kappa shape index (κ3) is 2.06. The molecule has 0 fully saturated rings. The average molecular weight is 329 g/mol. The lowest BCUT2D eigenvalue weighted by atomic mass is 10.2. The smallest absolute Gasteiger partial charge is 0.268 e. The van der Waals surface area contributed by atoms with Gasteiger partial charge in [0.2, 0.25) is 5.88 Å². The molecule has 0 radical (unpaired) electrons. The molecule has 2 aromatic rings. The monoisotopic (exact) mass is 329 g/mol. The van der Waals surface area contributed by atoms with Crippen LogP contribution in [0.2, 0.25) is 0 Å². The quantitative estimate of drug-likeness (QED) is 0.776. The van der Waals surface area contributed by atoms with Gasteiger partial charge in [-0.15, -0.1) is 0 Å². The third-order valence-corrected chi connectivity index (χ3v) is 2.97. The van der Waals surface area contributed by atoms with Crippen molar-refractivity contribution < 1.29 is 5.11 Å². The van der Waals surface area contributed by atoms with Crippen LogP contribution in [0.4, 0.5) is 0 Å². The molecule has 0 bridgehead atoms. The minimum Gasteiger partial charge on any atom is -0.492 e. The molecule has 2 heterocycles. The Morgan fingerprint density at radius 2 is 2.19 bits per heavy atom. The highest BCUT2D eigenvalue weighted by atomic mass is 127. The van der Waals surface area contributed by atoms with Crippen molar-refractivity contribution in [2.45, 2.75) is 6.92 Å². The largest absolute Gasteiger partial charge is 0.492 e. The molecule has 5 nitrogen and oxygen atoms in total. The van der Waals surface area contributed by atoms with Crippen molar-refractivity contribution in [1.82, 2.24) is 15.0 Å². The number of pyridine rings is 1. The lowest BCUT2D eigenvalue weighted by molar-refractivity contribution is 0.447. The van der Waals surface area contributed by atoms with Crippen molar-refractivity contribution in [3.8, 4) is 17.4 Å². The van der Waals surface area contributed by atoms with Gasteiger partial charge in [-0.2, -0.15) is 4.98 Å². The fourth-order valence-electron chi connectivity index (χ4n) is 1.18. The number of nitrogens with one attached hydrogen (secondary N) is 1. The number of aryl methyl sites for hydroxylation is 1. The Balaban J connectivity index is 2.57. The number of aromatic nitrogens is 3. The van der Waals surface area contributed by atoms with Gasteiger partial charge in [-0.05, 0) is 41.1 Å². The molecule has 0 unspecified atom stereocenters. The summed E-state index contributed by atoms with van der Waals surface area (Å²) in [7, 11) is 0. The van der Waals surface area contributed by atoms with Crippen LogP contribution in [-0.4, -0.2) is 20.1 Å². The summed E-state index contributed by atoms with van der Waals surface area (Å²) >= 11 is 1.73. The molecule has 0 aromatic carbocycles. The molecule has 0 aliphatic rings. The number of aromatic amines is 1. The Bertz CT molecular complexity index is 578. The number of hydrogen-bond acceptors (Lipinski definition) is 4. The second kappa shape index (κ2) is 4.20. The van der Waals surface area contributed by atoms with Crippen molar-refractivity contribution in [2.24, 2.45) is 0 Å². The maximum Gasteiger partial charge on any atom is 0.268 e. The molecule has 0 aliphatic carbocycles. The molecule has 0 amide bonds. The number of rotatable bonds is 1. The van der Waals surface area contributed by atoms with Gasteiger partial charge in [-0.1, -0.05) is 6.07 Å². The molecule has 0 aliphatic heterocycles. The summed E-state index contributed by atoms with van der Waals surface area (Å²) in [5, 5.41) is 9.43. The summed E-state index contributed by atoms with van der Waals surface area (Å²) in [5.41, 5.74) is 1.17. The van der Waals surface area contributed by atoms with Gasteiger partial charge in [0.15, 0.2) is 5.82 Å². The van der Waals surface area contributed by atoms with Gasteiger partial charge in [0.25, 0.3) is 5.56 Å². The number of H-pyrrole nitrogens is 1. The lowest BCUT2D eigenvalue weighted by Gasteiger charge is -2.01. The van der Waals surface area contributed by atoms with E-state index in [1.807, 2.05) is 13.0 Å². The van der Waals surface area contributed by atoms with Crippen molar-refractivity contribution in [3.05, 3.63) is 37.8 Å². The highest BCUT2D eigenvalue weighted by Crippen LogP contribution is 2.16. The van der Waals surface area contributed by atoms with Gasteiger partial charge >= 0.3 is 0 Å². The summed E-state index contributed by atoms with van der Waals surface area (Å²) in [6, 6.07) is 3.59. The fourth-order valence-corrected chi connectivity index (χ4v) is 1.43. The average Bonchev–Trinajstić information content (AvgIpc) is 2.26. The van der Waals surface area contributed by atoms with E-state index >= 15 is 0 Å². The summed E-state index contributed by atoms with van der Waals surface area (Å²) in [4.78, 5) is 21.9. The first kappa shape index (κ1) is 11.1. The fraction of sp³-hybridized carbons (Fsp3) is 0.100. The van der Waals surface area contributed by atoms with Gasteiger partial charge in [0, 0.05) is 6.20 Å².